The van der Waals surface area contributed by atoms with Gasteiger partial charge in [0, 0.05) is 43.2 Å². The van der Waals surface area contributed by atoms with Gasteiger partial charge in [0.25, 0.3) is 0 Å². The highest BCUT2D eigenvalue weighted by Crippen LogP contribution is 2.18. The second-order valence-corrected chi connectivity index (χ2v) is 6.23. The molecular weight excluding hydrogens is 330 g/mol. The van der Waals surface area contributed by atoms with E-state index in [1.54, 1.807) is 17.0 Å². The Hall–Kier alpha value is -2.12. The highest BCUT2D eigenvalue weighted by atomic mass is 35.5. The van der Waals surface area contributed by atoms with E-state index in [4.69, 9.17) is 21.9 Å². The van der Waals surface area contributed by atoms with Crippen molar-refractivity contribution in [1.82, 2.24) is 19.9 Å². The number of benzene rings is 1. The second kappa shape index (κ2) is 7.63. The minimum Gasteiger partial charge on any atom is -0.351 e. The van der Waals surface area contributed by atoms with Gasteiger partial charge in [0.05, 0.1) is 0 Å². The average Bonchev–Trinajstić information content (AvgIpc) is 2.91. The lowest BCUT2D eigenvalue weighted by Gasteiger charge is -2.19. The van der Waals surface area contributed by atoms with Crippen molar-refractivity contribution in [1.29, 1.82) is 0 Å². The third-order valence-corrected chi connectivity index (χ3v) is 4.36. The number of hydrogen-bond donors (Lipinski definition) is 1. The maximum absolute atomic E-state index is 11.2. The van der Waals surface area contributed by atoms with Crippen molar-refractivity contribution in [3.8, 4) is 11.4 Å². The quantitative estimate of drug-likeness (QED) is 0.912. The molecule has 2 aromatic rings. The first-order valence-corrected chi connectivity index (χ1v) is 8.35. The zero-order valence-electron chi connectivity index (χ0n) is 13.3. The van der Waals surface area contributed by atoms with Gasteiger partial charge in [-0.05, 0) is 37.2 Å². The summed E-state index contributed by atoms with van der Waals surface area (Å²) in [6, 6.07) is 6.99. The molecule has 3 rings (SSSR count). The third-order valence-electron chi connectivity index (χ3n) is 4.11. The summed E-state index contributed by atoms with van der Waals surface area (Å²) >= 11 is 5.88. The molecule has 1 aliphatic heterocycles. The Morgan fingerprint density at radius 1 is 1.21 bits per heavy atom. The number of rotatable bonds is 4. The number of urea groups is 1. The molecule has 0 saturated carbocycles. The van der Waals surface area contributed by atoms with Crippen LogP contribution in [0.2, 0.25) is 5.02 Å². The smallest absolute Gasteiger partial charge is 0.314 e. The second-order valence-electron chi connectivity index (χ2n) is 5.79. The van der Waals surface area contributed by atoms with E-state index < -0.39 is 0 Å². The fraction of sp³-hybridized carbons (Fsp3) is 0.438. The molecule has 0 radical (unpaired) electrons. The molecule has 1 fully saturated rings. The number of primary amides is 1. The number of nitrogens with zero attached hydrogens (tertiary/aromatic N) is 4. The Kier molecular flexibility index (Phi) is 5.32. The summed E-state index contributed by atoms with van der Waals surface area (Å²) in [5.74, 6) is 1.17. The van der Waals surface area contributed by atoms with Crippen molar-refractivity contribution < 1.29 is 9.32 Å². The van der Waals surface area contributed by atoms with Crippen LogP contribution in [0, 0.1) is 0 Å². The lowest BCUT2D eigenvalue weighted by atomic mass is 10.2. The monoisotopic (exact) mass is 349 g/mol. The van der Waals surface area contributed by atoms with Crippen LogP contribution in [0.4, 0.5) is 4.79 Å². The van der Waals surface area contributed by atoms with Crippen LogP contribution in [0.5, 0.6) is 0 Å². The van der Waals surface area contributed by atoms with E-state index in [1.807, 2.05) is 12.1 Å². The molecule has 2 amide bonds. The van der Waals surface area contributed by atoms with Crippen LogP contribution in [-0.4, -0.2) is 58.7 Å². The van der Waals surface area contributed by atoms with Gasteiger partial charge in [-0.2, -0.15) is 4.98 Å². The van der Waals surface area contributed by atoms with E-state index in [9.17, 15) is 4.79 Å². The molecule has 2 N–H and O–H groups in total. The van der Waals surface area contributed by atoms with Gasteiger partial charge in [-0.25, -0.2) is 4.79 Å². The van der Waals surface area contributed by atoms with Gasteiger partial charge < -0.3 is 20.1 Å². The number of halogens is 1. The molecule has 8 heteroatoms. The molecule has 0 aliphatic carbocycles. The normalized spacial score (nSPS) is 16.1. The molecule has 1 aromatic carbocycles. The summed E-state index contributed by atoms with van der Waals surface area (Å²) in [5, 5.41) is 4.69. The summed E-state index contributed by atoms with van der Waals surface area (Å²) < 4.78 is 5.33. The largest absolute Gasteiger partial charge is 0.351 e. The van der Waals surface area contributed by atoms with E-state index in [2.05, 4.69) is 15.0 Å². The molecule has 0 bridgehead atoms. The van der Waals surface area contributed by atoms with Crippen LogP contribution < -0.4 is 5.73 Å². The number of amides is 2. The number of carbonyl (C=O) groups excluding carboxylic acids is 1. The molecule has 0 spiro atoms. The van der Waals surface area contributed by atoms with E-state index in [1.165, 1.54) is 0 Å². The predicted octanol–water partition coefficient (Wildman–Crippen LogP) is 2.02. The van der Waals surface area contributed by atoms with Crippen molar-refractivity contribution in [3.05, 3.63) is 35.2 Å². The van der Waals surface area contributed by atoms with Gasteiger partial charge in [-0.1, -0.05) is 16.8 Å². The third kappa shape index (κ3) is 4.24. The molecule has 1 aromatic heterocycles. The van der Waals surface area contributed by atoms with E-state index >= 15 is 0 Å². The zero-order valence-corrected chi connectivity index (χ0v) is 14.1. The van der Waals surface area contributed by atoms with Crippen molar-refractivity contribution in [2.24, 2.45) is 5.73 Å². The van der Waals surface area contributed by atoms with Crippen LogP contribution in [-0.2, 0) is 6.42 Å². The van der Waals surface area contributed by atoms with Gasteiger partial charge in [0.15, 0.2) is 0 Å². The minimum atomic E-state index is -0.346. The van der Waals surface area contributed by atoms with Gasteiger partial charge in [0.2, 0.25) is 11.7 Å². The van der Waals surface area contributed by atoms with Gasteiger partial charge in [-0.3, -0.25) is 0 Å². The standard InChI is InChI=1S/C16H20ClN5O2/c17-13-4-2-12(3-5-13)15-19-14(24-20-15)6-9-21-7-1-8-22(11-10-21)16(18)23/h2-5H,1,6-11H2,(H2,18,23). The number of nitrogens with two attached hydrogens (primary N) is 1. The van der Waals surface area contributed by atoms with E-state index in [0.717, 1.165) is 31.6 Å². The average molecular weight is 350 g/mol. The highest BCUT2D eigenvalue weighted by Gasteiger charge is 2.17. The number of aromatic nitrogens is 2. The van der Waals surface area contributed by atoms with Crippen LogP contribution in [0.3, 0.4) is 0 Å². The molecule has 1 saturated heterocycles. The molecule has 7 nitrogen and oxygen atoms in total. The van der Waals surface area contributed by atoms with E-state index in [0.29, 0.717) is 36.2 Å². The summed E-state index contributed by atoms with van der Waals surface area (Å²) in [7, 11) is 0. The molecule has 0 unspecified atom stereocenters. The molecule has 0 atom stereocenters. The molecular formula is C16H20ClN5O2. The van der Waals surface area contributed by atoms with Crippen LogP contribution in [0.15, 0.2) is 28.8 Å². The fourth-order valence-electron chi connectivity index (χ4n) is 2.74. The van der Waals surface area contributed by atoms with Crippen molar-refractivity contribution in [2.75, 3.05) is 32.7 Å². The van der Waals surface area contributed by atoms with Gasteiger partial charge in [-0.15, -0.1) is 0 Å². The summed E-state index contributed by atoms with van der Waals surface area (Å²) in [4.78, 5) is 19.6. The summed E-state index contributed by atoms with van der Waals surface area (Å²) in [6.45, 7) is 3.93. The van der Waals surface area contributed by atoms with Crippen LogP contribution in [0.1, 0.15) is 12.3 Å². The van der Waals surface area contributed by atoms with Crippen LogP contribution >= 0.6 is 11.6 Å². The molecule has 128 valence electrons. The Bertz CT molecular complexity index is 688. The number of carbonyl (C=O) groups is 1. The lowest BCUT2D eigenvalue weighted by molar-refractivity contribution is 0.207. The van der Waals surface area contributed by atoms with E-state index in [-0.39, 0.29) is 6.03 Å². The summed E-state index contributed by atoms with van der Waals surface area (Å²) in [6.07, 6.45) is 1.60. The maximum atomic E-state index is 11.2. The summed E-state index contributed by atoms with van der Waals surface area (Å²) in [5.41, 5.74) is 6.22. The van der Waals surface area contributed by atoms with Gasteiger partial charge in [0.1, 0.15) is 0 Å². The topological polar surface area (TPSA) is 88.5 Å². The Morgan fingerprint density at radius 3 is 2.75 bits per heavy atom. The maximum Gasteiger partial charge on any atom is 0.314 e. The van der Waals surface area contributed by atoms with Crippen molar-refractivity contribution in [3.63, 3.8) is 0 Å². The minimum absolute atomic E-state index is 0.346. The predicted molar refractivity (Wildman–Crippen MR) is 90.7 cm³/mol. The first kappa shape index (κ1) is 16.7. The lowest BCUT2D eigenvalue weighted by Crippen LogP contribution is -2.38. The molecule has 24 heavy (non-hydrogen) atoms. The molecule has 2 heterocycles. The Morgan fingerprint density at radius 2 is 2.00 bits per heavy atom. The first-order valence-electron chi connectivity index (χ1n) is 7.97. The van der Waals surface area contributed by atoms with Crippen LogP contribution in [0.25, 0.3) is 11.4 Å². The SMILES string of the molecule is NC(=O)N1CCCN(CCc2nc(-c3ccc(Cl)cc3)no2)CC1. The van der Waals surface area contributed by atoms with Crippen molar-refractivity contribution >= 4 is 17.6 Å². The molecule has 1 aliphatic rings. The highest BCUT2D eigenvalue weighted by molar-refractivity contribution is 6.30. The number of hydrogen-bond acceptors (Lipinski definition) is 5. The van der Waals surface area contributed by atoms with Crippen molar-refractivity contribution in [2.45, 2.75) is 12.8 Å². The fourth-order valence-corrected chi connectivity index (χ4v) is 2.87. The first-order chi connectivity index (χ1) is 11.6. The zero-order chi connectivity index (χ0) is 16.9. The Balaban J connectivity index is 1.54. The van der Waals surface area contributed by atoms with Gasteiger partial charge >= 0.3 is 6.03 Å². The Labute approximate surface area is 145 Å².